The first-order valence-electron chi connectivity index (χ1n) is 8.55. The molecule has 1 atom stereocenters. The first-order valence-corrected chi connectivity index (χ1v) is 8.55. The van der Waals surface area contributed by atoms with E-state index in [4.69, 9.17) is 5.73 Å². The smallest absolute Gasteiger partial charge is 0.254 e. The number of carbonyl (C=O) groups excluding carboxylic acids is 1. The first kappa shape index (κ1) is 16.5. The van der Waals surface area contributed by atoms with Crippen LogP contribution < -0.4 is 5.73 Å². The lowest BCUT2D eigenvalue weighted by molar-refractivity contribution is 0.0705. The number of likely N-dealkylation sites (tertiary alicyclic amines) is 1. The van der Waals surface area contributed by atoms with Gasteiger partial charge in [0.05, 0.1) is 5.56 Å². The zero-order valence-corrected chi connectivity index (χ0v) is 14.7. The molecule has 3 rings (SSSR count). The van der Waals surface area contributed by atoms with Crippen molar-refractivity contribution < 1.29 is 4.79 Å². The monoisotopic (exact) mass is 323 g/mol. The third-order valence-corrected chi connectivity index (χ3v) is 5.02. The molecule has 0 spiro atoms. The van der Waals surface area contributed by atoms with Crippen molar-refractivity contribution in [2.45, 2.75) is 39.5 Å². The third-order valence-electron chi connectivity index (χ3n) is 5.02. The number of carbonyl (C=O) groups is 1. The lowest BCUT2D eigenvalue weighted by Gasteiger charge is -2.34. The number of amides is 1. The van der Waals surface area contributed by atoms with Crippen LogP contribution >= 0.6 is 0 Å². The van der Waals surface area contributed by atoms with Crippen LogP contribution in [-0.2, 0) is 0 Å². The molecule has 0 saturated carbocycles. The van der Waals surface area contributed by atoms with Crippen LogP contribution in [0.3, 0.4) is 0 Å². The number of nitrogens with zero attached hydrogens (tertiary/aromatic N) is 2. The zero-order chi connectivity index (χ0) is 17.3. The van der Waals surface area contributed by atoms with Gasteiger partial charge in [-0.1, -0.05) is 29.8 Å². The Morgan fingerprint density at radius 2 is 1.92 bits per heavy atom. The van der Waals surface area contributed by atoms with Gasteiger partial charge in [-0.2, -0.15) is 0 Å². The summed E-state index contributed by atoms with van der Waals surface area (Å²) in [4.78, 5) is 19.2. The van der Waals surface area contributed by atoms with Gasteiger partial charge in [-0.15, -0.1) is 0 Å². The van der Waals surface area contributed by atoms with Crippen LogP contribution in [0.15, 0.2) is 30.5 Å². The largest absolute Gasteiger partial charge is 0.383 e. The van der Waals surface area contributed by atoms with Crippen molar-refractivity contribution in [1.82, 2.24) is 9.88 Å². The number of aryl methyl sites for hydroxylation is 2. The fourth-order valence-electron chi connectivity index (χ4n) is 3.51. The number of rotatable bonds is 2. The average Bonchev–Trinajstić information content (AvgIpc) is 2.59. The second kappa shape index (κ2) is 6.63. The number of aromatic nitrogens is 1. The molecule has 1 amide bonds. The predicted octanol–water partition coefficient (Wildman–Crippen LogP) is 3.61. The highest BCUT2D eigenvalue weighted by Gasteiger charge is 2.27. The highest BCUT2D eigenvalue weighted by molar-refractivity contribution is 5.98. The summed E-state index contributed by atoms with van der Waals surface area (Å²) in [5.74, 6) is 0.926. The van der Waals surface area contributed by atoms with E-state index in [-0.39, 0.29) is 5.91 Å². The van der Waals surface area contributed by atoms with Gasteiger partial charge in [-0.05, 0) is 44.7 Å². The molecule has 4 heteroatoms. The van der Waals surface area contributed by atoms with Gasteiger partial charge in [-0.25, -0.2) is 4.98 Å². The molecule has 1 aliphatic heterocycles. The van der Waals surface area contributed by atoms with Crippen molar-refractivity contribution in [3.63, 3.8) is 0 Å². The molecule has 1 fully saturated rings. The molecule has 2 N–H and O–H groups in total. The van der Waals surface area contributed by atoms with Gasteiger partial charge >= 0.3 is 0 Å². The summed E-state index contributed by atoms with van der Waals surface area (Å²) in [7, 11) is 0. The van der Waals surface area contributed by atoms with E-state index in [1.165, 1.54) is 11.1 Å². The van der Waals surface area contributed by atoms with Crippen molar-refractivity contribution in [1.29, 1.82) is 0 Å². The molecule has 1 aromatic carbocycles. The summed E-state index contributed by atoms with van der Waals surface area (Å²) in [6.45, 7) is 7.48. The highest BCUT2D eigenvalue weighted by Crippen LogP contribution is 2.29. The molecule has 126 valence electrons. The fraction of sp³-hybridized carbons (Fsp3) is 0.400. The quantitative estimate of drug-likeness (QED) is 0.918. The molecule has 4 nitrogen and oxygen atoms in total. The number of benzene rings is 1. The molecule has 0 bridgehead atoms. The number of pyridine rings is 1. The van der Waals surface area contributed by atoms with Gasteiger partial charge in [0, 0.05) is 30.8 Å². The van der Waals surface area contributed by atoms with Gasteiger partial charge in [-0.3, -0.25) is 4.79 Å². The van der Waals surface area contributed by atoms with Crippen LogP contribution in [0.5, 0.6) is 0 Å². The van der Waals surface area contributed by atoms with Crippen LogP contribution in [0.1, 0.15) is 51.4 Å². The molecular formula is C20H25N3O. The third kappa shape index (κ3) is 3.14. The van der Waals surface area contributed by atoms with Crippen molar-refractivity contribution in [2.24, 2.45) is 0 Å². The van der Waals surface area contributed by atoms with E-state index in [1.807, 2.05) is 18.7 Å². The SMILES string of the molecule is Cc1ccc(C2CCCN(C(=O)c3c(C)cnc(N)c3C)C2)cc1. The minimum atomic E-state index is 0.0795. The predicted molar refractivity (Wildman–Crippen MR) is 97.2 cm³/mol. The topological polar surface area (TPSA) is 59.2 Å². The molecular weight excluding hydrogens is 298 g/mol. The Kier molecular flexibility index (Phi) is 4.56. The molecule has 24 heavy (non-hydrogen) atoms. The van der Waals surface area contributed by atoms with Crippen LogP contribution in [0.4, 0.5) is 5.82 Å². The summed E-state index contributed by atoms with van der Waals surface area (Å²) in [5.41, 5.74) is 10.9. The van der Waals surface area contributed by atoms with Gasteiger partial charge in [0.1, 0.15) is 5.82 Å². The second-order valence-corrected chi connectivity index (χ2v) is 6.83. The number of nitrogens with two attached hydrogens (primary N) is 1. The summed E-state index contributed by atoms with van der Waals surface area (Å²) in [5, 5.41) is 0. The maximum Gasteiger partial charge on any atom is 0.254 e. The van der Waals surface area contributed by atoms with Crippen molar-refractivity contribution in [2.75, 3.05) is 18.8 Å². The minimum Gasteiger partial charge on any atom is -0.383 e. The molecule has 1 aliphatic rings. The van der Waals surface area contributed by atoms with E-state index in [2.05, 4.69) is 36.2 Å². The Bertz CT molecular complexity index is 752. The molecule has 1 unspecified atom stereocenters. The molecule has 0 aliphatic carbocycles. The molecule has 0 radical (unpaired) electrons. The highest BCUT2D eigenvalue weighted by atomic mass is 16.2. The standard InChI is InChI=1S/C20H25N3O/c1-13-6-8-16(9-7-13)17-5-4-10-23(12-17)20(24)18-14(2)11-22-19(21)15(18)3/h6-9,11,17H,4-5,10,12H2,1-3H3,(H2,21,22). The van der Waals surface area contributed by atoms with Crippen molar-refractivity contribution in [3.8, 4) is 0 Å². The van der Waals surface area contributed by atoms with Gasteiger partial charge in [0.2, 0.25) is 0 Å². The Hall–Kier alpha value is -2.36. The number of hydrogen-bond acceptors (Lipinski definition) is 3. The molecule has 1 saturated heterocycles. The van der Waals surface area contributed by atoms with Crippen LogP contribution in [0.2, 0.25) is 0 Å². The van der Waals surface area contributed by atoms with Crippen molar-refractivity contribution >= 4 is 11.7 Å². The maximum absolute atomic E-state index is 13.1. The Balaban J connectivity index is 1.83. The van der Waals surface area contributed by atoms with Crippen molar-refractivity contribution in [3.05, 3.63) is 58.3 Å². The molecule has 2 aromatic rings. The summed E-state index contributed by atoms with van der Waals surface area (Å²) in [6.07, 6.45) is 3.85. The summed E-state index contributed by atoms with van der Waals surface area (Å²) in [6, 6.07) is 8.67. The van der Waals surface area contributed by atoms with E-state index in [0.29, 0.717) is 17.3 Å². The lowest BCUT2D eigenvalue weighted by Crippen LogP contribution is -2.39. The normalized spacial score (nSPS) is 17.8. The van der Waals surface area contributed by atoms with Crippen LogP contribution in [0, 0.1) is 20.8 Å². The van der Waals surface area contributed by atoms with E-state index in [1.54, 1.807) is 6.20 Å². The number of anilines is 1. The van der Waals surface area contributed by atoms with Gasteiger partial charge in [0.25, 0.3) is 5.91 Å². The Morgan fingerprint density at radius 1 is 1.21 bits per heavy atom. The van der Waals surface area contributed by atoms with Gasteiger partial charge in [0.15, 0.2) is 0 Å². The Labute approximate surface area is 143 Å². The summed E-state index contributed by atoms with van der Waals surface area (Å²) < 4.78 is 0. The molecule has 1 aromatic heterocycles. The molecule has 2 heterocycles. The number of hydrogen-bond donors (Lipinski definition) is 1. The lowest BCUT2D eigenvalue weighted by atomic mass is 9.89. The number of piperidine rings is 1. The number of nitrogen functional groups attached to an aromatic ring is 1. The first-order chi connectivity index (χ1) is 11.5. The zero-order valence-electron chi connectivity index (χ0n) is 14.7. The average molecular weight is 323 g/mol. The fourth-order valence-corrected chi connectivity index (χ4v) is 3.51. The van der Waals surface area contributed by atoms with Crippen LogP contribution in [0.25, 0.3) is 0 Å². The van der Waals surface area contributed by atoms with Crippen LogP contribution in [-0.4, -0.2) is 28.9 Å². The minimum absolute atomic E-state index is 0.0795. The van der Waals surface area contributed by atoms with E-state index < -0.39 is 0 Å². The Morgan fingerprint density at radius 3 is 2.62 bits per heavy atom. The van der Waals surface area contributed by atoms with E-state index >= 15 is 0 Å². The second-order valence-electron chi connectivity index (χ2n) is 6.83. The van der Waals surface area contributed by atoms with E-state index in [9.17, 15) is 4.79 Å². The van der Waals surface area contributed by atoms with Gasteiger partial charge < -0.3 is 10.6 Å². The maximum atomic E-state index is 13.1. The van der Waals surface area contributed by atoms with E-state index in [0.717, 1.165) is 37.1 Å². The summed E-state index contributed by atoms with van der Waals surface area (Å²) >= 11 is 0.